The summed E-state index contributed by atoms with van der Waals surface area (Å²) in [6, 6.07) is 6.15. The lowest BCUT2D eigenvalue weighted by atomic mass is 9.80. The number of piperidine rings is 1. The summed E-state index contributed by atoms with van der Waals surface area (Å²) < 4.78 is 1.94. The monoisotopic (exact) mass is 486 g/mol. The van der Waals surface area contributed by atoms with E-state index in [4.69, 9.17) is 38.3 Å². The molecule has 8 heteroatoms. The first-order valence-electron chi connectivity index (χ1n) is 12.0. The van der Waals surface area contributed by atoms with Crippen LogP contribution in [0.5, 0.6) is 0 Å². The van der Waals surface area contributed by atoms with Gasteiger partial charge in [-0.2, -0.15) is 5.10 Å². The zero-order valence-electron chi connectivity index (χ0n) is 19.8. The molecule has 0 unspecified atom stereocenters. The van der Waals surface area contributed by atoms with Crippen LogP contribution in [0.4, 0.5) is 5.82 Å². The van der Waals surface area contributed by atoms with Gasteiger partial charge in [0.1, 0.15) is 11.3 Å². The highest BCUT2D eigenvalue weighted by Gasteiger charge is 2.37. The van der Waals surface area contributed by atoms with Gasteiger partial charge in [0.2, 0.25) is 0 Å². The Morgan fingerprint density at radius 2 is 1.85 bits per heavy atom. The summed E-state index contributed by atoms with van der Waals surface area (Å²) in [5.41, 5.74) is 3.48. The molecule has 3 aromatic rings. The first-order valence-corrected chi connectivity index (χ1v) is 12.7. The maximum absolute atomic E-state index is 6.49. The first kappa shape index (κ1) is 22.9. The summed E-state index contributed by atoms with van der Waals surface area (Å²) >= 11 is 12.6. The molecule has 0 amide bonds. The molecule has 176 valence electrons. The Balaban J connectivity index is 1.36. The second kappa shape index (κ2) is 9.05. The van der Waals surface area contributed by atoms with E-state index in [0.717, 1.165) is 53.2 Å². The molecule has 33 heavy (non-hydrogen) atoms. The van der Waals surface area contributed by atoms with Crippen molar-refractivity contribution in [3.8, 4) is 0 Å². The molecule has 2 saturated heterocycles. The van der Waals surface area contributed by atoms with Crippen molar-refractivity contribution >= 4 is 40.2 Å². The van der Waals surface area contributed by atoms with E-state index in [1.165, 1.54) is 25.9 Å². The third-order valence-corrected chi connectivity index (χ3v) is 8.02. The van der Waals surface area contributed by atoms with Gasteiger partial charge in [0, 0.05) is 35.7 Å². The van der Waals surface area contributed by atoms with E-state index in [1.54, 1.807) is 6.07 Å². The molecule has 0 aliphatic carbocycles. The quantitative estimate of drug-likeness (QED) is 0.469. The van der Waals surface area contributed by atoms with Crippen LogP contribution in [0.3, 0.4) is 0 Å². The van der Waals surface area contributed by atoms with Crippen molar-refractivity contribution in [3.63, 3.8) is 0 Å². The number of hydrogen-bond acceptors (Lipinski definition) is 5. The molecule has 2 atom stereocenters. The van der Waals surface area contributed by atoms with Crippen LogP contribution in [0.2, 0.25) is 10.0 Å². The van der Waals surface area contributed by atoms with Gasteiger partial charge < -0.3 is 9.80 Å². The second-order valence-corrected chi connectivity index (χ2v) is 10.8. The lowest BCUT2D eigenvalue weighted by Crippen LogP contribution is -2.54. The largest absolute Gasteiger partial charge is 0.355 e. The van der Waals surface area contributed by atoms with Crippen molar-refractivity contribution in [1.82, 2.24) is 24.6 Å². The molecule has 4 heterocycles. The second-order valence-electron chi connectivity index (χ2n) is 9.93. The molecule has 0 radical (unpaired) electrons. The van der Waals surface area contributed by atoms with Crippen LogP contribution in [-0.2, 0) is 0 Å². The lowest BCUT2D eigenvalue weighted by molar-refractivity contribution is 0.0963. The number of hydrogen-bond donors (Lipinski definition) is 0. The highest BCUT2D eigenvalue weighted by molar-refractivity contribution is 6.35. The van der Waals surface area contributed by atoms with E-state index in [2.05, 4.69) is 30.6 Å². The molecule has 6 nitrogen and oxygen atoms in total. The molecule has 2 aromatic heterocycles. The van der Waals surface area contributed by atoms with E-state index in [1.807, 2.05) is 29.9 Å². The lowest BCUT2D eigenvalue weighted by Gasteiger charge is -2.47. The zero-order valence-corrected chi connectivity index (χ0v) is 21.3. The van der Waals surface area contributed by atoms with Gasteiger partial charge >= 0.3 is 0 Å². The minimum atomic E-state index is -0.0797. The molecule has 5 rings (SSSR count). The van der Waals surface area contributed by atoms with Crippen LogP contribution in [0.25, 0.3) is 11.2 Å². The van der Waals surface area contributed by atoms with E-state index < -0.39 is 0 Å². The van der Waals surface area contributed by atoms with Crippen LogP contribution in [0.15, 0.2) is 24.4 Å². The van der Waals surface area contributed by atoms with Crippen molar-refractivity contribution in [2.45, 2.75) is 52.6 Å². The topological polar surface area (TPSA) is 50.1 Å². The normalized spacial score (nSPS) is 21.1. The van der Waals surface area contributed by atoms with Crippen molar-refractivity contribution in [1.29, 1.82) is 0 Å². The summed E-state index contributed by atoms with van der Waals surface area (Å²) in [6.45, 7) is 13.3. The summed E-state index contributed by atoms with van der Waals surface area (Å²) in [6.07, 6.45) is 4.56. The van der Waals surface area contributed by atoms with Gasteiger partial charge in [-0.05, 0) is 76.6 Å². The van der Waals surface area contributed by atoms with Crippen LogP contribution in [0, 0.1) is 18.8 Å². The Morgan fingerprint density at radius 3 is 2.58 bits per heavy atom. The highest BCUT2D eigenvalue weighted by atomic mass is 35.5. The van der Waals surface area contributed by atoms with Crippen molar-refractivity contribution in [3.05, 3.63) is 45.7 Å². The van der Waals surface area contributed by atoms with Crippen molar-refractivity contribution in [2.75, 3.05) is 31.1 Å². The van der Waals surface area contributed by atoms with E-state index >= 15 is 0 Å². The molecule has 0 saturated carbocycles. The Hall–Kier alpha value is -1.89. The number of rotatable bonds is 5. The minimum absolute atomic E-state index is 0.0797. The molecule has 0 spiro atoms. The van der Waals surface area contributed by atoms with Gasteiger partial charge in [0.25, 0.3) is 0 Å². The molecule has 0 N–H and O–H groups in total. The average Bonchev–Trinajstić information content (AvgIpc) is 3.08. The number of anilines is 1. The standard InChI is InChI=1S/C25H32Cl2N6/c1-15(2)31-9-5-6-18(12-31)19-13-32(14-19)23-11-28-24-16(3)30-33(25(24)29-23)17(4)21-8-7-20(26)10-22(21)27/h7-8,10-11,15,17-19H,5-6,9,12-14H2,1-4H3/t17-,18+/m1/s1. The maximum Gasteiger partial charge on any atom is 0.179 e. The average molecular weight is 487 g/mol. The predicted molar refractivity (Wildman–Crippen MR) is 135 cm³/mol. The van der Waals surface area contributed by atoms with Crippen molar-refractivity contribution in [2.24, 2.45) is 11.8 Å². The third kappa shape index (κ3) is 4.33. The number of likely N-dealkylation sites (tertiary alicyclic amines) is 1. The fraction of sp³-hybridized carbons (Fsp3) is 0.560. The van der Waals surface area contributed by atoms with Gasteiger partial charge in [-0.1, -0.05) is 29.3 Å². The van der Waals surface area contributed by atoms with E-state index in [9.17, 15) is 0 Å². The first-order chi connectivity index (χ1) is 15.8. The molecular formula is C25H32Cl2N6. The Morgan fingerprint density at radius 1 is 1.06 bits per heavy atom. The van der Waals surface area contributed by atoms with Crippen LogP contribution in [-0.4, -0.2) is 56.9 Å². The van der Waals surface area contributed by atoms with E-state index in [-0.39, 0.29) is 6.04 Å². The molecule has 0 bridgehead atoms. The number of aryl methyl sites for hydroxylation is 1. The Labute approximate surface area is 205 Å². The van der Waals surface area contributed by atoms with Crippen LogP contribution < -0.4 is 4.90 Å². The molecule has 2 aliphatic heterocycles. The maximum atomic E-state index is 6.49. The number of fused-ring (bicyclic) bond motifs is 1. The van der Waals surface area contributed by atoms with E-state index in [0.29, 0.717) is 16.1 Å². The SMILES string of the molecule is Cc1nn([C@H](C)c2ccc(Cl)cc2Cl)c2nc(N3CC([C@H]4CCCN(C(C)C)C4)C3)cnc12. The van der Waals surface area contributed by atoms with Gasteiger partial charge in [-0.3, -0.25) is 0 Å². The van der Waals surface area contributed by atoms with Gasteiger partial charge in [-0.25, -0.2) is 14.6 Å². The van der Waals surface area contributed by atoms with Gasteiger partial charge in [0.05, 0.1) is 17.9 Å². The highest BCUT2D eigenvalue weighted by Crippen LogP contribution is 2.35. The number of benzene rings is 1. The minimum Gasteiger partial charge on any atom is -0.355 e. The smallest absolute Gasteiger partial charge is 0.179 e. The zero-order chi connectivity index (χ0) is 23.3. The van der Waals surface area contributed by atoms with Crippen LogP contribution in [0.1, 0.15) is 50.9 Å². The van der Waals surface area contributed by atoms with Crippen LogP contribution >= 0.6 is 23.2 Å². The molecule has 1 aromatic carbocycles. The predicted octanol–water partition coefficient (Wildman–Crippen LogP) is 5.61. The number of nitrogens with zero attached hydrogens (tertiary/aromatic N) is 6. The molecule has 2 aliphatic rings. The summed E-state index contributed by atoms with van der Waals surface area (Å²) in [5.74, 6) is 2.46. The van der Waals surface area contributed by atoms with Gasteiger partial charge in [0.15, 0.2) is 5.65 Å². The fourth-order valence-electron chi connectivity index (χ4n) is 5.33. The number of halogens is 2. The molecule has 2 fully saturated rings. The summed E-state index contributed by atoms with van der Waals surface area (Å²) in [4.78, 5) is 14.8. The Kier molecular flexibility index (Phi) is 6.27. The van der Waals surface area contributed by atoms with Gasteiger partial charge in [-0.15, -0.1) is 0 Å². The van der Waals surface area contributed by atoms with Crippen molar-refractivity contribution < 1.29 is 0 Å². The third-order valence-electron chi connectivity index (χ3n) is 7.46. The number of aromatic nitrogens is 4. The fourth-order valence-corrected chi connectivity index (χ4v) is 5.89. The molecular weight excluding hydrogens is 455 g/mol. The Bertz CT molecular complexity index is 1150. The summed E-state index contributed by atoms with van der Waals surface area (Å²) in [7, 11) is 0. The summed E-state index contributed by atoms with van der Waals surface area (Å²) in [5, 5.41) is 6.02.